The molecule has 0 fully saturated rings. The van der Waals surface area contributed by atoms with E-state index in [4.69, 9.17) is 11.6 Å². The van der Waals surface area contributed by atoms with Crippen molar-refractivity contribution < 1.29 is 18.0 Å². The van der Waals surface area contributed by atoms with Gasteiger partial charge in [0.15, 0.2) is 10.9 Å². The number of carbonyl (C=O) groups is 1. The first-order valence-electron chi connectivity index (χ1n) is 8.63. The maximum atomic E-state index is 13.0. The van der Waals surface area contributed by atoms with E-state index in [-0.39, 0.29) is 10.9 Å². The van der Waals surface area contributed by atoms with E-state index in [1.165, 1.54) is 7.05 Å². The van der Waals surface area contributed by atoms with Gasteiger partial charge in [-0.05, 0) is 51.1 Å². The summed E-state index contributed by atoms with van der Waals surface area (Å²) in [6.45, 7) is 5.36. The summed E-state index contributed by atoms with van der Waals surface area (Å²) < 4.78 is 41.5. The number of aryl methyl sites for hydroxylation is 1. The molecule has 5 nitrogen and oxygen atoms in total. The van der Waals surface area contributed by atoms with Crippen LogP contribution in [-0.4, -0.2) is 30.4 Å². The van der Waals surface area contributed by atoms with E-state index < -0.39 is 17.3 Å². The van der Waals surface area contributed by atoms with E-state index in [1.54, 1.807) is 25.1 Å². The molecule has 154 valence electrons. The Bertz CT molecular complexity index is 1060. The number of aromatic nitrogens is 4. The number of ketones is 1. The first-order valence-corrected chi connectivity index (χ1v) is 9.88. The quantitative estimate of drug-likeness (QED) is 0.399. The Balaban J connectivity index is 1.87. The standard InChI is InChI=1S/C19H18ClF3N4OS/c1-10-9-15(11(2)27(10)14-7-5-13(20)6-8-14)16(28)12(3)29-18-25-24-17(26(18)4)19(21,22)23/h5-9,12H,1-4H3/t12-/m1/s1. The number of halogens is 4. The van der Waals surface area contributed by atoms with Gasteiger partial charge in [-0.15, -0.1) is 10.2 Å². The van der Waals surface area contributed by atoms with Gasteiger partial charge in [-0.3, -0.25) is 4.79 Å². The second kappa shape index (κ2) is 7.87. The zero-order chi connectivity index (χ0) is 21.5. The lowest BCUT2D eigenvalue weighted by molar-refractivity contribution is -0.147. The molecule has 0 unspecified atom stereocenters. The van der Waals surface area contributed by atoms with Crippen LogP contribution < -0.4 is 0 Å². The highest BCUT2D eigenvalue weighted by Gasteiger charge is 2.38. The number of nitrogens with zero attached hydrogens (tertiary/aromatic N) is 4. The maximum absolute atomic E-state index is 13.0. The minimum absolute atomic E-state index is 0.0321. The summed E-state index contributed by atoms with van der Waals surface area (Å²) in [7, 11) is 1.23. The van der Waals surface area contributed by atoms with Crippen molar-refractivity contribution >= 4 is 29.1 Å². The molecule has 0 spiro atoms. The number of Topliss-reactive ketones (excluding diaryl/α,β-unsaturated/α-hetero) is 1. The molecule has 0 saturated carbocycles. The van der Waals surface area contributed by atoms with E-state index >= 15 is 0 Å². The second-order valence-corrected chi connectivity index (χ2v) is 8.33. The van der Waals surface area contributed by atoms with Crippen LogP contribution in [0.2, 0.25) is 5.02 Å². The molecule has 0 aliphatic carbocycles. The van der Waals surface area contributed by atoms with Crippen molar-refractivity contribution in [1.29, 1.82) is 0 Å². The molecule has 3 aromatic rings. The van der Waals surface area contributed by atoms with Crippen LogP contribution >= 0.6 is 23.4 Å². The molecular weight excluding hydrogens is 425 g/mol. The number of benzene rings is 1. The average molecular weight is 443 g/mol. The fourth-order valence-corrected chi connectivity index (χ4v) is 4.10. The van der Waals surface area contributed by atoms with Gasteiger partial charge in [-0.2, -0.15) is 13.2 Å². The van der Waals surface area contributed by atoms with Crippen molar-refractivity contribution in [3.63, 3.8) is 0 Å². The fraction of sp³-hybridized carbons (Fsp3) is 0.316. The van der Waals surface area contributed by atoms with Crippen molar-refractivity contribution in [2.24, 2.45) is 7.05 Å². The first-order chi connectivity index (χ1) is 13.5. The molecule has 0 radical (unpaired) electrons. The van der Waals surface area contributed by atoms with Crippen molar-refractivity contribution in [3.05, 3.63) is 58.1 Å². The Morgan fingerprint density at radius 2 is 1.79 bits per heavy atom. The molecule has 0 amide bonds. The van der Waals surface area contributed by atoms with Gasteiger partial charge in [0.1, 0.15) is 0 Å². The molecule has 0 bridgehead atoms. The molecule has 1 atom stereocenters. The van der Waals surface area contributed by atoms with Gasteiger partial charge in [0.2, 0.25) is 5.82 Å². The van der Waals surface area contributed by atoms with Crippen molar-refractivity contribution in [2.45, 2.75) is 37.4 Å². The van der Waals surface area contributed by atoms with Crippen LogP contribution in [0.15, 0.2) is 35.5 Å². The molecule has 29 heavy (non-hydrogen) atoms. The number of thioether (sulfide) groups is 1. The zero-order valence-corrected chi connectivity index (χ0v) is 17.7. The number of hydrogen-bond acceptors (Lipinski definition) is 4. The van der Waals surface area contributed by atoms with Crippen LogP contribution in [0.5, 0.6) is 0 Å². The molecule has 0 aliphatic rings. The van der Waals surface area contributed by atoms with Gasteiger partial charge >= 0.3 is 6.18 Å². The van der Waals surface area contributed by atoms with Crippen LogP contribution in [0.25, 0.3) is 5.69 Å². The molecule has 10 heteroatoms. The highest BCUT2D eigenvalue weighted by molar-refractivity contribution is 8.00. The third kappa shape index (κ3) is 4.20. The topological polar surface area (TPSA) is 52.7 Å². The Morgan fingerprint density at radius 3 is 2.34 bits per heavy atom. The molecule has 2 heterocycles. The Labute approximate surface area is 174 Å². The second-order valence-electron chi connectivity index (χ2n) is 6.58. The van der Waals surface area contributed by atoms with Gasteiger partial charge < -0.3 is 9.13 Å². The van der Waals surface area contributed by atoms with E-state index in [1.807, 2.05) is 30.5 Å². The molecule has 0 aliphatic heterocycles. The van der Waals surface area contributed by atoms with Gasteiger partial charge in [-0.1, -0.05) is 23.4 Å². The summed E-state index contributed by atoms with van der Waals surface area (Å²) in [5.41, 5.74) is 2.99. The van der Waals surface area contributed by atoms with Gasteiger partial charge in [0.05, 0.1) is 5.25 Å². The summed E-state index contributed by atoms with van der Waals surface area (Å²) in [6, 6.07) is 9.02. The minimum Gasteiger partial charge on any atom is -0.318 e. The largest absolute Gasteiger partial charge is 0.451 e. The van der Waals surface area contributed by atoms with Crippen LogP contribution in [0.3, 0.4) is 0 Å². The Morgan fingerprint density at radius 1 is 1.17 bits per heavy atom. The average Bonchev–Trinajstić information content (AvgIpc) is 3.15. The van der Waals surface area contributed by atoms with Gasteiger partial charge in [0, 0.05) is 34.7 Å². The van der Waals surface area contributed by atoms with Crippen molar-refractivity contribution in [2.75, 3.05) is 0 Å². The summed E-state index contributed by atoms with van der Waals surface area (Å²) in [6.07, 6.45) is -4.60. The molecular formula is C19H18ClF3N4OS. The van der Waals surface area contributed by atoms with E-state index in [0.29, 0.717) is 10.6 Å². The van der Waals surface area contributed by atoms with Crippen LogP contribution in [0.1, 0.15) is 34.5 Å². The van der Waals surface area contributed by atoms with Gasteiger partial charge in [0.25, 0.3) is 0 Å². The summed E-state index contributed by atoms with van der Waals surface area (Å²) >= 11 is 6.89. The predicted molar refractivity (Wildman–Crippen MR) is 106 cm³/mol. The Kier molecular flexibility index (Phi) is 5.82. The number of alkyl halides is 3. The molecule has 3 rings (SSSR count). The fourth-order valence-electron chi connectivity index (χ4n) is 3.09. The van der Waals surface area contributed by atoms with Crippen LogP contribution in [0.4, 0.5) is 13.2 Å². The maximum Gasteiger partial charge on any atom is 0.451 e. The molecule has 0 N–H and O–H groups in total. The van der Waals surface area contributed by atoms with E-state index in [2.05, 4.69) is 10.2 Å². The molecule has 0 saturated heterocycles. The highest BCUT2D eigenvalue weighted by Crippen LogP contribution is 2.32. The lowest BCUT2D eigenvalue weighted by Gasteiger charge is -2.12. The smallest absolute Gasteiger partial charge is 0.318 e. The van der Waals surface area contributed by atoms with E-state index in [9.17, 15) is 18.0 Å². The minimum atomic E-state index is -4.60. The number of rotatable bonds is 5. The van der Waals surface area contributed by atoms with Crippen molar-refractivity contribution in [3.8, 4) is 5.69 Å². The summed E-state index contributed by atoms with van der Waals surface area (Å²) in [5.74, 6) is -1.29. The molecule has 1 aromatic carbocycles. The highest BCUT2D eigenvalue weighted by atomic mass is 35.5. The summed E-state index contributed by atoms with van der Waals surface area (Å²) in [5, 5.41) is 6.78. The van der Waals surface area contributed by atoms with Gasteiger partial charge in [-0.25, -0.2) is 0 Å². The summed E-state index contributed by atoms with van der Waals surface area (Å²) in [4.78, 5) is 13.0. The SMILES string of the molecule is Cc1cc(C(=O)[C@@H](C)Sc2nnc(C(F)(F)F)n2C)c(C)n1-c1ccc(Cl)cc1. The lowest BCUT2D eigenvalue weighted by Crippen LogP contribution is -2.16. The van der Waals surface area contributed by atoms with Crippen molar-refractivity contribution in [1.82, 2.24) is 19.3 Å². The number of hydrogen-bond donors (Lipinski definition) is 0. The number of carbonyl (C=O) groups excluding carboxylic acids is 1. The lowest BCUT2D eigenvalue weighted by atomic mass is 10.1. The third-order valence-electron chi connectivity index (χ3n) is 4.52. The monoisotopic (exact) mass is 442 g/mol. The third-order valence-corrected chi connectivity index (χ3v) is 5.91. The predicted octanol–water partition coefficient (Wildman–Crippen LogP) is 5.26. The zero-order valence-electron chi connectivity index (χ0n) is 16.1. The molecule has 2 aromatic heterocycles. The normalized spacial score (nSPS) is 13.0. The Hall–Kier alpha value is -2.26. The van der Waals surface area contributed by atoms with Crippen LogP contribution in [0, 0.1) is 13.8 Å². The van der Waals surface area contributed by atoms with E-state index in [0.717, 1.165) is 33.4 Å². The van der Waals surface area contributed by atoms with Crippen LogP contribution in [-0.2, 0) is 13.2 Å². The first kappa shape index (κ1) is 21.4.